The molecule has 4 N–H and O–H groups in total. The van der Waals surface area contributed by atoms with Crippen LogP contribution in [0.2, 0.25) is 0 Å². The number of carboxylic acid groups (broad SMARTS) is 1. The van der Waals surface area contributed by atoms with Gasteiger partial charge >= 0.3 is 5.97 Å². The molecule has 1 unspecified atom stereocenters. The molecule has 1 aliphatic rings. The number of benzene rings is 1. The molecule has 0 spiro atoms. The fourth-order valence-electron chi connectivity index (χ4n) is 2.27. The third kappa shape index (κ3) is 2.74. The first-order valence-electron chi connectivity index (χ1n) is 6.02. The summed E-state index contributed by atoms with van der Waals surface area (Å²) in [6.45, 7) is 0.0103. The van der Waals surface area contributed by atoms with E-state index < -0.39 is 30.1 Å². The van der Waals surface area contributed by atoms with Crippen molar-refractivity contribution >= 4 is 11.9 Å². The molecule has 1 fully saturated rings. The first-order chi connectivity index (χ1) is 9.00. The third-order valence-electron chi connectivity index (χ3n) is 3.27. The fraction of sp³-hybridized carbons (Fsp3) is 0.385. The Labute approximate surface area is 110 Å². The average molecular weight is 264 g/mol. The molecule has 0 aromatic heterocycles. The number of aliphatic hydroxyl groups is 1. The Morgan fingerprint density at radius 1 is 1.32 bits per heavy atom. The fourth-order valence-corrected chi connectivity index (χ4v) is 2.27. The van der Waals surface area contributed by atoms with E-state index in [4.69, 9.17) is 10.8 Å². The normalized spacial score (nSPS) is 24.2. The van der Waals surface area contributed by atoms with Crippen LogP contribution in [0, 0.1) is 0 Å². The minimum absolute atomic E-state index is 0.0103. The average Bonchev–Trinajstić information content (AvgIpc) is 2.80. The number of hydrogen-bond donors (Lipinski definition) is 3. The first kappa shape index (κ1) is 13.5. The Morgan fingerprint density at radius 3 is 2.53 bits per heavy atom. The molecule has 1 amide bonds. The zero-order valence-corrected chi connectivity index (χ0v) is 10.3. The zero-order chi connectivity index (χ0) is 14.0. The van der Waals surface area contributed by atoms with E-state index in [2.05, 4.69) is 0 Å². The summed E-state index contributed by atoms with van der Waals surface area (Å²) in [5.41, 5.74) is 6.48. The maximum absolute atomic E-state index is 12.2. The zero-order valence-electron chi connectivity index (χ0n) is 10.3. The van der Waals surface area contributed by atoms with Crippen molar-refractivity contribution in [2.45, 2.75) is 24.6 Å². The van der Waals surface area contributed by atoms with Gasteiger partial charge in [0.2, 0.25) is 5.91 Å². The lowest BCUT2D eigenvalue weighted by Gasteiger charge is -2.24. The number of carbonyl (C=O) groups is 2. The number of aliphatic hydroxyl groups excluding tert-OH is 1. The molecule has 0 saturated carbocycles. The standard InChI is InChI=1S/C13H16N2O4/c14-11(8-4-2-1-3-5-8)12(17)15-7-9(16)6-10(15)13(18)19/h1-5,9-11,16H,6-7,14H2,(H,18,19)/t9-,10-,11?/m0/s1. The highest BCUT2D eigenvalue weighted by Gasteiger charge is 2.40. The van der Waals surface area contributed by atoms with Crippen LogP contribution in [-0.2, 0) is 9.59 Å². The Bertz CT molecular complexity index is 477. The van der Waals surface area contributed by atoms with Gasteiger partial charge < -0.3 is 20.8 Å². The molecule has 3 atom stereocenters. The van der Waals surface area contributed by atoms with Crippen LogP contribution >= 0.6 is 0 Å². The molecule has 1 heterocycles. The summed E-state index contributed by atoms with van der Waals surface area (Å²) < 4.78 is 0. The summed E-state index contributed by atoms with van der Waals surface area (Å²) in [7, 11) is 0. The van der Waals surface area contributed by atoms with Gasteiger partial charge in [0.1, 0.15) is 12.1 Å². The van der Waals surface area contributed by atoms with E-state index in [1.165, 1.54) is 0 Å². The van der Waals surface area contributed by atoms with Crippen LogP contribution in [0.1, 0.15) is 18.0 Å². The lowest BCUT2D eigenvalue weighted by molar-refractivity contribution is -0.148. The van der Waals surface area contributed by atoms with Crippen molar-refractivity contribution in [2.75, 3.05) is 6.54 Å². The van der Waals surface area contributed by atoms with Gasteiger partial charge in [-0.3, -0.25) is 4.79 Å². The molecule has 1 aliphatic heterocycles. The van der Waals surface area contributed by atoms with E-state index in [-0.39, 0.29) is 13.0 Å². The molecule has 19 heavy (non-hydrogen) atoms. The summed E-state index contributed by atoms with van der Waals surface area (Å²) in [4.78, 5) is 24.5. The van der Waals surface area contributed by atoms with Gasteiger partial charge in [-0.15, -0.1) is 0 Å². The largest absolute Gasteiger partial charge is 0.480 e. The van der Waals surface area contributed by atoms with E-state index >= 15 is 0 Å². The molecule has 0 bridgehead atoms. The van der Waals surface area contributed by atoms with Gasteiger partial charge in [-0.2, -0.15) is 0 Å². The van der Waals surface area contributed by atoms with E-state index in [0.717, 1.165) is 4.90 Å². The number of carboxylic acids is 1. The molecule has 6 nitrogen and oxygen atoms in total. The van der Waals surface area contributed by atoms with E-state index in [9.17, 15) is 14.7 Å². The third-order valence-corrected chi connectivity index (χ3v) is 3.27. The number of nitrogens with two attached hydrogens (primary N) is 1. The quantitative estimate of drug-likeness (QED) is 0.697. The predicted molar refractivity (Wildman–Crippen MR) is 67.1 cm³/mol. The predicted octanol–water partition coefficient (Wildman–Crippen LogP) is -0.267. The molecule has 1 aromatic rings. The monoisotopic (exact) mass is 264 g/mol. The highest BCUT2D eigenvalue weighted by Crippen LogP contribution is 2.22. The summed E-state index contributed by atoms with van der Waals surface area (Å²) in [5.74, 6) is -1.60. The number of rotatable bonds is 3. The number of amides is 1. The van der Waals surface area contributed by atoms with E-state index in [0.29, 0.717) is 5.56 Å². The number of carbonyl (C=O) groups excluding carboxylic acids is 1. The van der Waals surface area contributed by atoms with Crippen molar-refractivity contribution in [3.05, 3.63) is 35.9 Å². The maximum Gasteiger partial charge on any atom is 0.326 e. The van der Waals surface area contributed by atoms with Gasteiger partial charge in [-0.1, -0.05) is 30.3 Å². The molecular weight excluding hydrogens is 248 g/mol. The summed E-state index contributed by atoms with van der Waals surface area (Å²) in [5, 5.41) is 18.6. The Hall–Kier alpha value is -1.92. The SMILES string of the molecule is NC(C(=O)N1C[C@@H](O)C[C@H]1C(=O)O)c1ccccc1. The molecule has 0 aliphatic carbocycles. The Balaban J connectivity index is 2.17. The van der Waals surface area contributed by atoms with Crippen LogP contribution in [0.3, 0.4) is 0 Å². The van der Waals surface area contributed by atoms with Crippen LogP contribution in [-0.4, -0.2) is 45.7 Å². The van der Waals surface area contributed by atoms with Crippen molar-refractivity contribution in [1.29, 1.82) is 0 Å². The van der Waals surface area contributed by atoms with Gasteiger partial charge in [-0.05, 0) is 5.56 Å². The molecule has 0 radical (unpaired) electrons. The minimum atomic E-state index is -1.12. The van der Waals surface area contributed by atoms with Crippen molar-refractivity contribution < 1.29 is 19.8 Å². The molecule has 102 valence electrons. The second kappa shape index (κ2) is 5.38. The number of aliphatic carboxylic acids is 1. The van der Waals surface area contributed by atoms with E-state index in [1.807, 2.05) is 0 Å². The lowest BCUT2D eigenvalue weighted by atomic mass is 10.1. The molecule has 1 saturated heterocycles. The second-order valence-corrected chi connectivity index (χ2v) is 4.62. The molecule has 1 aromatic carbocycles. The molecule has 6 heteroatoms. The number of nitrogens with zero attached hydrogens (tertiary/aromatic N) is 1. The summed E-state index contributed by atoms with van der Waals surface area (Å²) in [6, 6.07) is 6.84. The highest BCUT2D eigenvalue weighted by molar-refractivity contribution is 5.88. The smallest absolute Gasteiger partial charge is 0.326 e. The van der Waals surface area contributed by atoms with Crippen molar-refractivity contribution in [1.82, 2.24) is 4.90 Å². The topological polar surface area (TPSA) is 104 Å². The minimum Gasteiger partial charge on any atom is -0.480 e. The summed E-state index contributed by atoms with van der Waals surface area (Å²) >= 11 is 0. The van der Waals surface area contributed by atoms with E-state index in [1.54, 1.807) is 30.3 Å². The Morgan fingerprint density at radius 2 is 1.95 bits per heavy atom. The maximum atomic E-state index is 12.2. The van der Waals surface area contributed by atoms with Crippen LogP contribution in [0.4, 0.5) is 0 Å². The van der Waals surface area contributed by atoms with Gasteiger partial charge in [0, 0.05) is 13.0 Å². The van der Waals surface area contributed by atoms with Gasteiger partial charge in [0.05, 0.1) is 6.10 Å². The number of likely N-dealkylation sites (tertiary alicyclic amines) is 1. The van der Waals surface area contributed by atoms with Crippen molar-refractivity contribution in [2.24, 2.45) is 5.73 Å². The first-order valence-corrected chi connectivity index (χ1v) is 6.02. The van der Waals surface area contributed by atoms with Gasteiger partial charge in [-0.25, -0.2) is 4.79 Å². The molecular formula is C13H16N2O4. The van der Waals surface area contributed by atoms with Crippen LogP contribution < -0.4 is 5.73 Å². The van der Waals surface area contributed by atoms with Crippen LogP contribution in [0.5, 0.6) is 0 Å². The second-order valence-electron chi connectivity index (χ2n) is 4.62. The molecule has 2 rings (SSSR count). The van der Waals surface area contributed by atoms with Crippen LogP contribution in [0.15, 0.2) is 30.3 Å². The summed E-state index contributed by atoms with van der Waals surface area (Å²) in [6.07, 6.45) is -0.768. The number of hydrogen-bond acceptors (Lipinski definition) is 4. The highest BCUT2D eigenvalue weighted by atomic mass is 16.4. The Kier molecular flexibility index (Phi) is 3.82. The number of β-amino-alcohol motifs (C(OH)–C–C–N with tert-alkyl or cyclic N) is 1. The van der Waals surface area contributed by atoms with Gasteiger partial charge in [0.15, 0.2) is 0 Å². The van der Waals surface area contributed by atoms with Gasteiger partial charge in [0.25, 0.3) is 0 Å². The van der Waals surface area contributed by atoms with Crippen molar-refractivity contribution in [3.63, 3.8) is 0 Å². The lowest BCUT2D eigenvalue weighted by Crippen LogP contribution is -2.45. The van der Waals surface area contributed by atoms with Crippen molar-refractivity contribution in [3.8, 4) is 0 Å². The van der Waals surface area contributed by atoms with Crippen LogP contribution in [0.25, 0.3) is 0 Å².